The molecule has 4 aromatic rings. The second kappa shape index (κ2) is 10.1. The lowest BCUT2D eigenvalue weighted by Gasteiger charge is -2.10. The minimum absolute atomic E-state index is 0.0300. The molecular formula is C24H25ClN6O4. The minimum Gasteiger partial charge on any atom is -0.356 e. The third-order valence-corrected chi connectivity index (χ3v) is 5.59. The van der Waals surface area contributed by atoms with Gasteiger partial charge in [0, 0.05) is 30.2 Å². The van der Waals surface area contributed by atoms with Gasteiger partial charge in [-0.3, -0.25) is 19.0 Å². The average Bonchev–Trinajstić information content (AvgIpc) is 3.13. The molecule has 0 aliphatic rings. The molecule has 2 amide bonds. The van der Waals surface area contributed by atoms with E-state index in [1.54, 1.807) is 48.5 Å². The third-order valence-electron chi connectivity index (χ3n) is 5.36. The van der Waals surface area contributed by atoms with Crippen LogP contribution in [0, 0.1) is 5.92 Å². The predicted octanol–water partition coefficient (Wildman–Crippen LogP) is 2.27. The number of amides is 2. The summed E-state index contributed by atoms with van der Waals surface area (Å²) in [5.41, 5.74) is -0.0886. The summed E-state index contributed by atoms with van der Waals surface area (Å²) in [4.78, 5) is 51.3. The van der Waals surface area contributed by atoms with E-state index in [2.05, 4.69) is 15.7 Å². The Morgan fingerprint density at radius 3 is 2.57 bits per heavy atom. The summed E-state index contributed by atoms with van der Waals surface area (Å²) >= 11 is 5.96. The van der Waals surface area contributed by atoms with Crippen molar-refractivity contribution in [3.05, 3.63) is 74.4 Å². The second-order valence-electron chi connectivity index (χ2n) is 8.56. The molecule has 0 saturated carbocycles. The number of halogens is 1. The summed E-state index contributed by atoms with van der Waals surface area (Å²) in [7, 11) is 0. The molecule has 2 aromatic carbocycles. The van der Waals surface area contributed by atoms with Crippen LogP contribution < -0.4 is 21.9 Å². The summed E-state index contributed by atoms with van der Waals surface area (Å²) in [6.45, 7) is 4.15. The number of aryl methyl sites for hydroxylation is 1. The molecule has 0 aliphatic carbocycles. The van der Waals surface area contributed by atoms with Gasteiger partial charge in [0.2, 0.25) is 17.6 Å². The van der Waals surface area contributed by atoms with Crippen LogP contribution >= 0.6 is 11.6 Å². The molecule has 0 aliphatic heterocycles. The molecule has 2 aromatic heterocycles. The van der Waals surface area contributed by atoms with Crippen molar-refractivity contribution in [2.75, 3.05) is 11.9 Å². The SMILES string of the molecule is CC(C)CNC(=O)CCn1c(=O)c2ccccc2n2c(=O)n(CC(=O)Nc3cccc(Cl)c3)nc12. The monoisotopic (exact) mass is 496 g/mol. The fourth-order valence-electron chi connectivity index (χ4n) is 3.69. The minimum atomic E-state index is -0.574. The number of nitrogens with one attached hydrogen (secondary N) is 2. The average molecular weight is 497 g/mol. The van der Waals surface area contributed by atoms with E-state index < -0.39 is 11.6 Å². The number of hydrogen-bond acceptors (Lipinski definition) is 5. The molecule has 2 N–H and O–H groups in total. The van der Waals surface area contributed by atoms with Crippen LogP contribution in [0.2, 0.25) is 5.02 Å². The Morgan fingerprint density at radius 2 is 1.83 bits per heavy atom. The van der Waals surface area contributed by atoms with Crippen molar-refractivity contribution in [2.45, 2.75) is 33.4 Å². The number of anilines is 1. The summed E-state index contributed by atoms with van der Waals surface area (Å²) < 4.78 is 3.58. The molecule has 182 valence electrons. The number of hydrogen-bond donors (Lipinski definition) is 2. The van der Waals surface area contributed by atoms with Crippen LogP contribution in [-0.2, 0) is 22.7 Å². The normalized spacial score (nSPS) is 11.3. The number of fused-ring (bicyclic) bond motifs is 3. The molecule has 10 nitrogen and oxygen atoms in total. The van der Waals surface area contributed by atoms with E-state index in [9.17, 15) is 19.2 Å². The van der Waals surface area contributed by atoms with Crippen molar-refractivity contribution < 1.29 is 9.59 Å². The zero-order valence-electron chi connectivity index (χ0n) is 19.3. The van der Waals surface area contributed by atoms with Crippen LogP contribution in [-0.4, -0.2) is 37.1 Å². The first kappa shape index (κ1) is 24.2. The van der Waals surface area contributed by atoms with E-state index in [0.29, 0.717) is 34.1 Å². The Morgan fingerprint density at radius 1 is 1.06 bits per heavy atom. The van der Waals surface area contributed by atoms with Crippen LogP contribution in [0.1, 0.15) is 20.3 Å². The fraction of sp³-hybridized carbons (Fsp3) is 0.292. The van der Waals surface area contributed by atoms with Gasteiger partial charge in [0.15, 0.2) is 0 Å². The van der Waals surface area contributed by atoms with Crippen molar-refractivity contribution in [2.24, 2.45) is 5.92 Å². The van der Waals surface area contributed by atoms with Gasteiger partial charge in [0.25, 0.3) is 5.56 Å². The maximum atomic E-state index is 13.2. The van der Waals surface area contributed by atoms with Crippen LogP contribution in [0.25, 0.3) is 16.7 Å². The zero-order chi connectivity index (χ0) is 25.1. The number of carbonyl (C=O) groups excluding carboxylic acids is 2. The van der Waals surface area contributed by atoms with E-state index >= 15 is 0 Å². The molecule has 11 heteroatoms. The lowest BCUT2D eigenvalue weighted by Crippen LogP contribution is -2.31. The molecule has 0 bridgehead atoms. The lowest BCUT2D eigenvalue weighted by atomic mass is 10.2. The van der Waals surface area contributed by atoms with Gasteiger partial charge in [-0.2, -0.15) is 0 Å². The van der Waals surface area contributed by atoms with E-state index in [1.807, 2.05) is 13.8 Å². The third kappa shape index (κ3) is 5.27. The van der Waals surface area contributed by atoms with Gasteiger partial charge in [0.1, 0.15) is 6.54 Å². The molecule has 35 heavy (non-hydrogen) atoms. The Labute approximate surface area is 205 Å². The molecule has 0 radical (unpaired) electrons. The summed E-state index contributed by atoms with van der Waals surface area (Å²) in [6.07, 6.45) is 0.0386. The van der Waals surface area contributed by atoms with Crippen LogP contribution in [0.4, 0.5) is 5.69 Å². The lowest BCUT2D eigenvalue weighted by molar-refractivity contribution is -0.121. The molecule has 0 saturated heterocycles. The smallest absolute Gasteiger partial charge is 0.352 e. The highest BCUT2D eigenvalue weighted by Gasteiger charge is 2.19. The highest BCUT2D eigenvalue weighted by atomic mass is 35.5. The number of aromatic nitrogens is 4. The van der Waals surface area contributed by atoms with Gasteiger partial charge in [0.05, 0.1) is 10.9 Å². The highest BCUT2D eigenvalue weighted by Crippen LogP contribution is 2.15. The second-order valence-corrected chi connectivity index (χ2v) is 8.99. The van der Waals surface area contributed by atoms with Crippen molar-refractivity contribution in [3.63, 3.8) is 0 Å². The van der Waals surface area contributed by atoms with E-state index in [1.165, 1.54) is 8.97 Å². The highest BCUT2D eigenvalue weighted by molar-refractivity contribution is 6.30. The first-order chi connectivity index (χ1) is 16.7. The number of rotatable bonds is 8. The number of para-hydroxylation sites is 1. The number of benzene rings is 2. The zero-order valence-corrected chi connectivity index (χ0v) is 20.1. The molecular weight excluding hydrogens is 472 g/mol. The summed E-state index contributed by atoms with van der Waals surface area (Å²) in [6, 6.07) is 13.3. The van der Waals surface area contributed by atoms with Crippen molar-refractivity contribution in [3.8, 4) is 0 Å². The van der Waals surface area contributed by atoms with E-state index in [-0.39, 0.29) is 36.8 Å². The first-order valence-corrected chi connectivity index (χ1v) is 11.6. The van der Waals surface area contributed by atoms with E-state index in [4.69, 9.17) is 11.6 Å². The Kier molecular flexibility index (Phi) is 7.02. The molecule has 0 unspecified atom stereocenters. The van der Waals surface area contributed by atoms with Gasteiger partial charge >= 0.3 is 5.69 Å². The van der Waals surface area contributed by atoms with Gasteiger partial charge in [-0.15, -0.1) is 5.10 Å². The molecule has 4 rings (SSSR count). The fourth-order valence-corrected chi connectivity index (χ4v) is 3.88. The molecule has 0 spiro atoms. The first-order valence-electron chi connectivity index (χ1n) is 11.2. The molecule has 0 fully saturated rings. The van der Waals surface area contributed by atoms with Gasteiger partial charge in [-0.25, -0.2) is 13.9 Å². The summed E-state index contributed by atoms with van der Waals surface area (Å²) in [5, 5.41) is 10.5. The van der Waals surface area contributed by atoms with Gasteiger partial charge < -0.3 is 10.6 Å². The Bertz CT molecular complexity index is 1530. The van der Waals surface area contributed by atoms with Crippen LogP contribution in [0.5, 0.6) is 0 Å². The summed E-state index contributed by atoms with van der Waals surface area (Å²) in [5.74, 6) is -0.337. The van der Waals surface area contributed by atoms with Gasteiger partial charge in [-0.05, 0) is 36.2 Å². The van der Waals surface area contributed by atoms with E-state index in [0.717, 1.165) is 4.68 Å². The van der Waals surface area contributed by atoms with Crippen molar-refractivity contribution in [1.82, 2.24) is 24.1 Å². The maximum Gasteiger partial charge on any atom is 0.352 e. The standard InChI is InChI=1S/C24H25ClN6O4/c1-15(2)13-26-20(32)10-11-29-22(34)18-8-3-4-9-19(18)31-23(29)28-30(24(31)35)14-21(33)27-17-7-5-6-16(25)12-17/h3-9,12,15H,10-11,13-14H2,1-2H3,(H,26,32)(H,27,33). The van der Waals surface area contributed by atoms with Gasteiger partial charge in [-0.1, -0.05) is 43.6 Å². The largest absolute Gasteiger partial charge is 0.356 e. The quantitative estimate of drug-likeness (QED) is 0.388. The van der Waals surface area contributed by atoms with Crippen LogP contribution in [0.15, 0.2) is 58.1 Å². The Balaban J connectivity index is 1.70. The number of nitrogens with zero attached hydrogens (tertiary/aromatic N) is 4. The predicted molar refractivity (Wildman–Crippen MR) is 134 cm³/mol. The molecule has 0 atom stereocenters. The van der Waals surface area contributed by atoms with Crippen LogP contribution in [0.3, 0.4) is 0 Å². The number of carbonyl (C=O) groups is 2. The topological polar surface area (TPSA) is 120 Å². The van der Waals surface area contributed by atoms with Crippen molar-refractivity contribution >= 4 is 45.8 Å². The van der Waals surface area contributed by atoms with Crippen molar-refractivity contribution in [1.29, 1.82) is 0 Å². The molecule has 2 heterocycles. The Hall–Kier alpha value is -3.92. The maximum absolute atomic E-state index is 13.2.